The van der Waals surface area contributed by atoms with Crippen LogP contribution in [0.1, 0.15) is 11.6 Å². The maximum atomic E-state index is 13.3. The number of halogens is 1. The van der Waals surface area contributed by atoms with Gasteiger partial charge in [0.15, 0.2) is 0 Å². The Kier molecular flexibility index (Phi) is 6.21. The van der Waals surface area contributed by atoms with Crippen molar-refractivity contribution < 1.29 is 18.8 Å². The first kappa shape index (κ1) is 16.5. The monoisotopic (exact) mass is 298 g/mol. The van der Waals surface area contributed by atoms with E-state index in [1.165, 1.54) is 20.3 Å². The number of nitro groups is 1. The largest absolute Gasteiger partial charge is 0.481 e. The summed E-state index contributed by atoms with van der Waals surface area (Å²) >= 11 is 0. The van der Waals surface area contributed by atoms with E-state index in [-0.39, 0.29) is 18.2 Å². The SMILES string of the molecule is COCC(N=C/C(=C\N)[N+](=O)[O-])c1cc(F)cnc1OC. The number of nitrogens with zero attached hydrogens (tertiary/aromatic N) is 3. The molecule has 8 nitrogen and oxygen atoms in total. The van der Waals surface area contributed by atoms with E-state index in [1.54, 1.807) is 0 Å². The third kappa shape index (κ3) is 4.49. The van der Waals surface area contributed by atoms with Gasteiger partial charge in [-0.25, -0.2) is 9.37 Å². The Hall–Kier alpha value is -2.55. The van der Waals surface area contributed by atoms with Crippen LogP contribution in [-0.2, 0) is 4.74 Å². The van der Waals surface area contributed by atoms with E-state index in [2.05, 4.69) is 9.98 Å². The van der Waals surface area contributed by atoms with Gasteiger partial charge >= 0.3 is 5.70 Å². The maximum Gasteiger partial charge on any atom is 0.302 e. The van der Waals surface area contributed by atoms with Gasteiger partial charge in [-0.3, -0.25) is 15.1 Å². The van der Waals surface area contributed by atoms with Crippen LogP contribution in [0.4, 0.5) is 4.39 Å². The number of nitrogens with two attached hydrogens (primary N) is 1. The van der Waals surface area contributed by atoms with Crippen molar-refractivity contribution in [2.45, 2.75) is 6.04 Å². The van der Waals surface area contributed by atoms with E-state index in [9.17, 15) is 14.5 Å². The van der Waals surface area contributed by atoms with E-state index >= 15 is 0 Å². The molecule has 1 unspecified atom stereocenters. The first-order valence-corrected chi connectivity index (χ1v) is 5.81. The molecule has 0 aliphatic heterocycles. The summed E-state index contributed by atoms with van der Waals surface area (Å²) in [5, 5.41) is 10.7. The summed E-state index contributed by atoms with van der Waals surface area (Å²) in [5.74, 6) is -0.416. The van der Waals surface area contributed by atoms with Crippen molar-refractivity contribution in [3.8, 4) is 5.88 Å². The summed E-state index contributed by atoms with van der Waals surface area (Å²) in [4.78, 5) is 17.7. The number of ether oxygens (including phenoxy) is 2. The van der Waals surface area contributed by atoms with Crippen LogP contribution in [-0.4, -0.2) is 36.9 Å². The lowest BCUT2D eigenvalue weighted by Crippen LogP contribution is -2.10. The molecule has 0 aromatic carbocycles. The molecule has 9 heteroatoms. The van der Waals surface area contributed by atoms with Gasteiger partial charge < -0.3 is 15.2 Å². The lowest BCUT2D eigenvalue weighted by Gasteiger charge is -2.14. The molecule has 21 heavy (non-hydrogen) atoms. The average molecular weight is 298 g/mol. The van der Waals surface area contributed by atoms with Crippen LogP contribution in [0, 0.1) is 15.9 Å². The van der Waals surface area contributed by atoms with Gasteiger partial charge in [-0.2, -0.15) is 0 Å². The van der Waals surface area contributed by atoms with Crippen molar-refractivity contribution in [3.05, 3.63) is 45.7 Å². The zero-order valence-corrected chi connectivity index (χ0v) is 11.5. The topological polar surface area (TPSA) is 113 Å². The van der Waals surface area contributed by atoms with Crippen LogP contribution >= 0.6 is 0 Å². The molecule has 0 aliphatic carbocycles. The quantitative estimate of drug-likeness (QED) is 0.457. The Balaban J connectivity index is 3.15. The summed E-state index contributed by atoms with van der Waals surface area (Å²) in [7, 11) is 2.80. The van der Waals surface area contributed by atoms with Crippen LogP contribution in [0.2, 0.25) is 0 Å². The first-order chi connectivity index (χ1) is 10.0. The van der Waals surface area contributed by atoms with Crippen LogP contribution in [0.3, 0.4) is 0 Å². The van der Waals surface area contributed by atoms with E-state index in [1.807, 2.05) is 0 Å². The van der Waals surface area contributed by atoms with Gasteiger partial charge in [-0.1, -0.05) is 0 Å². The van der Waals surface area contributed by atoms with Gasteiger partial charge in [0, 0.05) is 12.7 Å². The fourth-order valence-electron chi connectivity index (χ4n) is 1.54. The van der Waals surface area contributed by atoms with Gasteiger partial charge in [0.25, 0.3) is 0 Å². The molecule has 0 amide bonds. The van der Waals surface area contributed by atoms with E-state index in [0.717, 1.165) is 18.6 Å². The van der Waals surface area contributed by atoms with Gasteiger partial charge in [-0.05, 0) is 6.07 Å². The Labute approximate surface area is 120 Å². The highest BCUT2D eigenvalue weighted by atomic mass is 19.1. The van der Waals surface area contributed by atoms with E-state index < -0.39 is 16.8 Å². The summed E-state index contributed by atoms with van der Waals surface area (Å²) in [6, 6.07) is 0.466. The Bertz CT molecular complexity index is 562. The molecule has 114 valence electrons. The number of methoxy groups -OCH3 is 2. The van der Waals surface area contributed by atoms with Crippen LogP contribution in [0.5, 0.6) is 5.88 Å². The minimum atomic E-state index is -0.719. The second kappa shape index (κ2) is 7.90. The average Bonchev–Trinajstić information content (AvgIpc) is 2.46. The number of pyridine rings is 1. The summed E-state index contributed by atoms with van der Waals surface area (Å²) in [6.07, 6.45) is 2.79. The molecular formula is C12H15FN4O4. The number of aromatic nitrogens is 1. The Morgan fingerprint density at radius 3 is 2.90 bits per heavy atom. The lowest BCUT2D eigenvalue weighted by molar-refractivity contribution is -0.414. The first-order valence-electron chi connectivity index (χ1n) is 5.81. The molecule has 0 fully saturated rings. The zero-order valence-electron chi connectivity index (χ0n) is 11.5. The molecule has 1 rings (SSSR count). The van der Waals surface area contributed by atoms with Crippen molar-refractivity contribution in [3.63, 3.8) is 0 Å². The number of hydrogen-bond acceptors (Lipinski definition) is 7. The van der Waals surface area contributed by atoms with Crippen LogP contribution < -0.4 is 10.5 Å². The van der Waals surface area contributed by atoms with Crippen molar-refractivity contribution >= 4 is 6.21 Å². The van der Waals surface area contributed by atoms with Gasteiger partial charge in [-0.15, -0.1) is 0 Å². The molecule has 2 N–H and O–H groups in total. The van der Waals surface area contributed by atoms with E-state index in [4.69, 9.17) is 15.2 Å². The maximum absolute atomic E-state index is 13.3. The van der Waals surface area contributed by atoms with Crippen LogP contribution in [0.15, 0.2) is 29.2 Å². The number of aliphatic imine (C=N–C) groups is 1. The van der Waals surface area contributed by atoms with Gasteiger partial charge in [0.2, 0.25) is 5.88 Å². The Morgan fingerprint density at radius 2 is 2.38 bits per heavy atom. The molecule has 1 atom stereocenters. The molecule has 1 aromatic heterocycles. The van der Waals surface area contributed by atoms with Crippen LogP contribution in [0.25, 0.3) is 0 Å². The summed E-state index contributed by atoms with van der Waals surface area (Å²) < 4.78 is 23.3. The smallest absolute Gasteiger partial charge is 0.302 e. The lowest BCUT2D eigenvalue weighted by atomic mass is 10.1. The van der Waals surface area contributed by atoms with Crippen molar-refractivity contribution in [1.29, 1.82) is 0 Å². The third-order valence-electron chi connectivity index (χ3n) is 2.49. The molecule has 1 heterocycles. The fourth-order valence-corrected chi connectivity index (χ4v) is 1.54. The Morgan fingerprint density at radius 1 is 1.67 bits per heavy atom. The molecule has 0 aliphatic rings. The number of hydrogen-bond donors (Lipinski definition) is 1. The standard InChI is InChI=1S/C12H15FN4O4/c1-20-7-11(15-6-9(4-14)17(18)19)10-3-8(13)5-16-12(10)21-2/h3-6,11H,7,14H2,1-2H3/b9-4+,15-6?. The molecule has 0 radical (unpaired) electrons. The fraction of sp³-hybridized carbons (Fsp3) is 0.333. The third-order valence-corrected chi connectivity index (χ3v) is 2.49. The normalized spacial score (nSPS) is 13.4. The van der Waals surface area contributed by atoms with Crippen molar-refractivity contribution in [2.75, 3.05) is 20.8 Å². The molecule has 0 bridgehead atoms. The highest BCUT2D eigenvalue weighted by Crippen LogP contribution is 2.26. The van der Waals surface area contributed by atoms with Gasteiger partial charge in [0.05, 0.1) is 31.0 Å². The molecule has 1 aromatic rings. The summed E-state index contributed by atoms with van der Waals surface area (Å²) in [5.41, 5.74) is 5.06. The number of allylic oxidation sites excluding steroid dienone is 1. The molecule has 0 saturated heterocycles. The van der Waals surface area contributed by atoms with Crippen molar-refractivity contribution in [2.24, 2.45) is 10.7 Å². The molecular weight excluding hydrogens is 283 g/mol. The second-order valence-corrected chi connectivity index (χ2v) is 3.85. The summed E-state index contributed by atoms with van der Waals surface area (Å²) in [6.45, 7) is 0.0631. The van der Waals surface area contributed by atoms with Crippen molar-refractivity contribution in [1.82, 2.24) is 4.98 Å². The predicted octanol–water partition coefficient (Wildman–Crippen LogP) is 1.06. The highest BCUT2D eigenvalue weighted by molar-refractivity contribution is 5.75. The zero-order chi connectivity index (χ0) is 15.8. The second-order valence-electron chi connectivity index (χ2n) is 3.85. The molecule has 0 spiro atoms. The minimum Gasteiger partial charge on any atom is -0.481 e. The number of rotatable bonds is 7. The predicted molar refractivity (Wildman–Crippen MR) is 73.1 cm³/mol. The minimum absolute atomic E-state index is 0.0631. The van der Waals surface area contributed by atoms with E-state index in [0.29, 0.717) is 5.56 Å². The highest BCUT2D eigenvalue weighted by Gasteiger charge is 2.18. The molecule has 0 saturated carbocycles. The van der Waals surface area contributed by atoms with Gasteiger partial charge in [0.1, 0.15) is 18.1 Å².